The van der Waals surface area contributed by atoms with Crippen LogP contribution in [0.4, 0.5) is 28.6 Å². The molecule has 8 aromatic rings. The number of pyridine rings is 1. The van der Waals surface area contributed by atoms with Gasteiger partial charge >= 0.3 is 0 Å². The monoisotopic (exact) mass is 689 g/mol. The van der Waals surface area contributed by atoms with E-state index in [-0.39, 0.29) is 12.0 Å². The van der Waals surface area contributed by atoms with Gasteiger partial charge in [-0.05, 0) is 69.1 Å². The van der Waals surface area contributed by atoms with Crippen molar-refractivity contribution in [1.29, 1.82) is 0 Å². The Morgan fingerprint density at radius 3 is 1.89 bits per heavy atom. The molecule has 1 aromatic heterocycles. The number of fused-ring (bicyclic) bond motifs is 10. The van der Waals surface area contributed by atoms with Gasteiger partial charge in [-0.1, -0.05) is 164 Å². The maximum atomic E-state index is 5.28. The number of para-hydroxylation sites is 2. The summed E-state index contributed by atoms with van der Waals surface area (Å²) in [6.07, 6.45) is 11.3. The molecule has 3 nitrogen and oxygen atoms in total. The van der Waals surface area contributed by atoms with Crippen LogP contribution in [0, 0.1) is 0 Å². The molecule has 0 amide bonds. The number of rotatable bonds is 4. The van der Waals surface area contributed by atoms with Crippen molar-refractivity contribution < 1.29 is 0 Å². The number of nitrogens with zero attached hydrogens (tertiary/aromatic N) is 3. The summed E-state index contributed by atoms with van der Waals surface area (Å²) in [6.45, 7) is 0. The molecule has 0 radical (unpaired) electrons. The van der Waals surface area contributed by atoms with Gasteiger partial charge in [0, 0.05) is 45.6 Å². The summed E-state index contributed by atoms with van der Waals surface area (Å²) in [4.78, 5) is 10.2. The van der Waals surface area contributed by atoms with Crippen molar-refractivity contribution in [3.05, 3.63) is 206 Å². The Balaban J connectivity index is 1.17. The molecule has 2 atom stereocenters. The number of hydrogen-bond donors (Lipinski definition) is 0. The van der Waals surface area contributed by atoms with Crippen LogP contribution in [-0.2, 0) is 0 Å². The van der Waals surface area contributed by atoms with E-state index in [0.29, 0.717) is 0 Å². The van der Waals surface area contributed by atoms with Gasteiger partial charge in [-0.2, -0.15) is 0 Å². The van der Waals surface area contributed by atoms with Crippen molar-refractivity contribution in [2.24, 2.45) is 0 Å². The second kappa shape index (κ2) is 12.3. The van der Waals surface area contributed by atoms with E-state index < -0.39 is 0 Å². The molecule has 0 spiro atoms. The molecule has 0 saturated carbocycles. The van der Waals surface area contributed by atoms with Crippen molar-refractivity contribution in [2.45, 2.75) is 12.0 Å². The van der Waals surface area contributed by atoms with E-state index in [1.165, 1.54) is 50.0 Å². The van der Waals surface area contributed by atoms with Gasteiger partial charge in [0.1, 0.15) is 5.82 Å². The summed E-state index contributed by atoms with van der Waals surface area (Å²) in [5, 5.41) is 2.52. The standard InChI is InChI=1S/C51H35N3/c1-3-16-35(17-4-1)42-32-49(52-33-43(42)36-18-5-2-6-19-36)54-45-26-12-9-23-38(45)39-30-31-48-51(50(39)40-24-10-14-28-47(40)54)41-25-11-13-27-46(41)53(48)44-29-15-21-34-20-7-8-22-37(34)44/h1-33,41,46H. The average Bonchev–Trinajstić information content (AvgIpc) is 3.52. The molecule has 11 rings (SSSR count). The Morgan fingerprint density at radius 2 is 1.07 bits per heavy atom. The third-order valence-corrected chi connectivity index (χ3v) is 11.4. The second-order valence-electron chi connectivity index (χ2n) is 14.3. The Labute approximate surface area is 315 Å². The zero-order valence-electron chi connectivity index (χ0n) is 29.5. The molecule has 3 heterocycles. The zero-order chi connectivity index (χ0) is 35.6. The number of benzene rings is 7. The van der Waals surface area contributed by atoms with Crippen molar-refractivity contribution in [3.63, 3.8) is 0 Å². The van der Waals surface area contributed by atoms with Gasteiger partial charge in [0.05, 0.1) is 17.4 Å². The summed E-state index contributed by atoms with van der Waals surface area (Å²) in [6, 6.07) is 61.6. The fourth-order valence-electron chi connectivity index (χ4n) is 9.07. The fourth-order valence-corrected chi connectivity index (χ4v) is 9.07. The first-order valence-corrected chi connectivity index (χ1v) is 18.7. The van der Waals surface area contributed by atoms with Gasteiger partial charge in [-0.15, -0.1) is 0 Å². The highest BCUT2D eigenvalue weighted by Gasteiger charge is 2.42. The van der Waals surface area contributed by atoms with Gasteiger partial charge < -0.3 is 4.90 Å². The van der Waals surface area contributed by atoms with Gasteiger partial charge in [0.2, 0.25) is 0 Å². The number of hydrogen-bond acceptors (Lipinski definition) is 3. The number of allylic oxidation sites excluding steroid dienone is 2. The largest absolute Gasteiger partial charge is 0.333 e. The Kier molecular flexibility index (Phi) is 6.99. The van der Waals surface area contributed by atoms with Crippen LogP contribution in [0.15, 0.2) is 200 Å². The predicted octanol–water partition coefficient (Wildman–Crippen LogP) is 13.4. The Bertz CT molecular complexity index is 2790. The molecule has 2 aliphatic heterocycles. The molecule has 3 heteroatoms. The molecule has 0 bridgehead atoms. The lowest BCUT2D eigenvalue weighted by Gasteiger charge is -2.29. The van der Waals surface area contributed by atoms with E-state index in [0.717, 1.165) is 39.4 Å². The first kappa shape index (κ1) is 30.6. The summed E-state index contributed by atoms with van der Waals surface area (Å²) in [5.41, 5.74) is 15.6. The lowest BCUT2D eigenvalue weighted by atomic mass is 9.82. The normalized spacial score (nSPS) is 16.3. The maximum Gasteiger partial charge on any atom is 0.138 e. The molecule has 7 aromatic carbocycles. The lowest BCUT2D eigenvalue weighted by molar-refractivity contribution is 0.747. The minimum Gasteiger partial charge on any atom is -0.333 e. The highest BCUT2D eigenvalue weighted by Crippen LogP contribution is 2.59. The van der Waals surface area contributed by atoms with Gasteiger partial charge in [0.15, 0.2) is 0 Å². The molecule has 0 N–H and O–H groups in total. The topological polar surface area (TPSA) is 19.4 Å². The van der Waals surface area contributed by atoms with E-state index in [2.05, 4.69) is 210 Å². The molecule has 3 aliphatic rings. The van der Waals surface area contributed by atoms with Gasteiger partial charge in [0.25, 0.3) is 0 Å². The molecule has 2 unspecified atom stereocenters. The maximum absolute atomic E-state index is 5.28. The minimum absolute atomic E-state index is 0.157. The smallest absolute Gasteiger partial charge is 0.138 e. The molecular formula is C51H35N3. The van der Waals surface area contributed by atoms with Crippen molar-refractivity contribution in [2.75, 3.05) is 9.80 Å². The summed E-state index contributed by atoms with van der Waals surface area (Å²) >= 11 is 0. The lowest BCUT2D eigenvalue weighted by Crippen LogP contribution is -2.28. The predicted molar refractivity (Wildman–Crippen MR) is 225 cm³/mol. The first-order chi connectivity index (χ1) is 26.8. The van der Waals surface area contributed by atoms with Crippen LogP contribution < -0.4 is 9.80 Å². The van der Waals surface area contributed by atoms with Crippen molar-refractivity contribution in [3.8, 4) is 44.5 Å². The van der Waals surface area contributed by atoms with Crippen LogP contribution in [-0.4, -0.2) is 11.0 Å². The molecule has 254 valence electrons. The van der Waals surface area contributed by atoms with Crippen LogP contribution in [0.2, 0.25) is 0 Å². The summed E-state index contributed by atoms with van der Waals surface area (Å²) in [7, 11) is 0. The highest BCUT2D eigenvalue weighted by molar-refractivity contribution is 6.07. The van der Waals surface area contributed by atoms with Crippen LogP contribution in [0.25, 0.3) is 55.3 Å². The number of aromatic nitrogens is 1. The molecule has 1 aliphatic carbocycles. The molecule has 54 heavy (non-hydrogen) atoms. The SMILES string of the molecule is C1=CC2c3c(ccc4c3-c3ccccc3N(c3cc(-c5ccccc5)c(-c5ccccc5)cn3)c3ccccc3-4)N(c3cccc4ccccc34)C2C=C1. The third-order valence-electron chi connectivity index (χ3n) is 11.4. The average molecular weight is 690 g/mol. The van der Waals surface area contributed by atoms with Gasteiger partial charge in [-0.25, -0.2) is 4.98 Å². The van der Waals surface area contributed by atoms with E-state index in [9.17, 15) is 0 Å². The van der Waals surface area contributed by atoms with Crippen molar-refractivity contribution in [1.82, 2.24) is 4.98 Å². The van der Waals surface area contributed by atoms with E-state index in [1.54, 1.807) is 0 Å². The first-order valence-electron chi connectivity index (χ1n) is 18.7. The highest BCUT2D eigenvalue weighted by atomic mass is 15.2. The zero-order valence-corrected chi connectivity index (χ0v) is 29.5. The fraction of sp³-hybridized carbons (Fsp3) is 0.0392. The third kappa shape index (κ3) is 4.65. The minimum atomic E-state index is 0.157. The van der Waals surface area contributed by atoms with Gasteiger partial charge in [-0.3, -0.25) is 4.90 Å². The van der Waals surface area contributed by atoms with Crippen LogP contribution >= 0.6 is 0 Å². The van der Waals surface area contributed by atoms with E-state index >= 15 is 0 Å². The molecule has 0 saturated heterocycles. The number of anilines is 5. The Morgan fingerprint density at radius 1 is 0.444 bits per heavy atom. The van der Waals surface area contributed by atoms with E-state index in [4.69, 9.17) is 4.98 Å². The quantitative estimate of drug-likeness (QED) is 0.183. The molecule has 0 fully saturated rings. The Hall–Kier alpha value is -6.97. The second-order valence-corrected chi connectivity index (χ2v) is 14.3. The van der Waals surface area contributed by atoms with Crippen molar-refractivity contribution >= 4 is 39.3 Å². The van der Waals surface area contributed by atoms with E-state index in [1.807, 2.05) is 0 Å². The summed E-state index contributed by atoms with van der Waals surface area (Å²) < 4.78 is 0. The molecular weight excluding hydrogens is 655 g/mol. The summed E-state index contributed by atoms with van der Waals surface area (Å²) in [5.74, 6) is 1.06. The van der Waals surface area contributed by atoms with Crippen LogP contribution in [0.3, 0.4) is 0 Å². The van der Waals surface area contributed by atoms with Crippen LogP contribution in [0.1, 0.15) is 11.5 Å². The van der Waals surface area contributed by atoms with Crippen LogP contribution in [0.5, 0.6) is 0 Å².